The van der Waals surface area contributed by atoms with E-state index >= 15 is 0 Å². The Balaban J connectivity index is 2.16. The summed E-state index contributed by atoms with van der Waals surface area (Å²) in [6.45, 7) is 5.74. The lowest BCUT2D eigenvalue weighted by molar-refractivity contribution is -0.116. The molecule has 0 atom stereocenters. The summed E-state index contributed by atoms with van der Waals surface area (Å²) in [6, 6.07) is 20.2. The Bertz CT molecular complexity index is 784. The summed E-state index contributed by atoms with van der Waals surface area (Å²) in [5.41, 5.74) is 3.04. The van der Waals surface area contributed by atoms with Crippen LogP contribution in [0.2, 0.25) is 0 Å². The largest absolute Gasteiger partial charge is 0.284 e. The van der Waals surface area contributed by atoms with E-state index in [-0.39, 0.29) is 5.91 Å². The van der Waals surface area contributed by atoms with Crippen LogP contribution in [-0.2, 0) is 4.79 Å². The number of anilines is 1. The number of benzene rings is 2. The molecule has 1 amide bonds. The van der Waals surface area contributed by atoms with Gasteiger partial charge in [0.2, 0.25) is 5.91 Å². The van der Waals surface area contributed by atoms with E-state index in [4.69, 9.17) is 4.98 Å². The highest BCUT2D eigenvalue weighted by Crippen LogP contribution is 2.40. The van der Waals surface area contributed by atoms with Crippen LogP contribution in [0.1, 0.15) is 6.92 Å². The molecule has 0 fully saturated rings. The standard InChI is InChI=1S/C20H18N2OS/c1-3-14-22(15(2)23)20-21-18(16-10-6-4-7-11-16)19(24-20)17-12-8-5-9-13-17/h3-13H,1,14H2,2H3. The van der Waals surface area contributed by atoms with Crippen molar-refractivity contribution < 1.29 is 4.79 Å². The fourth-order valence-electron chi connectivity index (χ4n) is 2.47. The van der Waals surface area contributed by atoms with Crippen LogP contribution >= 0.6 is 11.3 Å². The number of thiazole rings is 1. The zero-order chi connectivity index (χ0) is 16.9. The molecule has 2 aromatic carbocycles. The Hall–Kier alpha value is -2.72. The lowest BCUT2D eigenvalue weighted by Crippen LogP contribution is -2.28. The van der Waals surface area contributed by atoms with Gasteiger partial charge in [-0.25, -0.2) is 4.98 Å². The molecule has 24 heavy (non-hydrogen) atoms. The number of nitrogens with zero attached hydrogens (tertiary/aromatic N) is 2. The molecule has 0 saturated carbocycles. The number of hydrogen-bond donors (Lipinski definition) is 0. The molecular formula is C20H18N2OS. The van der Waals surface area contributed by atoms with E-state index in [2.05, 4.69) is 18.7 Å². The molecule has 0 bridgehead atoms. The van der Waals surface area contributed by atoms with E-state index in [0.717, 1.165) is 21.7 Å². The van der Waals surface area contributed by atoms with Crippen molar-refractivity contribution in [2.45, 2.75) is 6.92 Å². The molecule has 0 aliphatic carbocycles. The lowest BCUT2D eigenvalue weighted by atomic mass is 10.1. The fourth-order valence-corrected chi connectivity index (χ4v) is 3.62. The molecule has 0 saturated heterocycles. The number of amides is 1. The molecule has 3 nitrogen and oxygen atoms in total. The van der Waals surface area contributed by atoms with Gasteiger partial charge in [-0.15, -0.1) is 6.58 Å². The van der Waals surface area contributed by atoms with Gasteiger partial charge in [0, 0.05) is 19.0 Å². The first-order chi connectivity index (χ1) is 11.7. The summed E-state index contributed by atoms with van der Waals surface area (Å²) in [4.78, 5) is 19.5. The normalized spacial score (nSPS) is 10.4. The molecule has 1 aromatic heterocycles. The van der Waals surface area contributed by atoms with Gasteiger partial charge in [-0.2, -0.15) is 0 Å². The SMILES string of the molecule is C=CCN(C(C)=O)c1nc(-c2ccccc2)c(-c2ccccc2)s1. The first-order valence-corrected chi connectivity index (χ1v) is 8.53. The Kier molecular flexibility index (Phi) is 4.87. The van der Waals surface area contributed by atoms with Crippen molar-refractivity contribution in [2.75, 3.05) is 11.4 Å². The summed E-state index contributed by atoms with van der Waals surface area (Å²) < 4.78 is 0. The van der Waals surface area contributed by atoms with Gasteiger partial charge < -0.3 is 0 Å². The average molecular weight is 334 g/mol. The van der Waals surface area contributed by atoms with Gasteiger partial charge in [-0.05, 0) is 5.56 Å². The fraction of sp³-hybridized carbons (Fsp3) is 0.100. The van der Waals surface area contributed by atoms with Crippen LogP contribution in [0.25, 0.3) is 21.7 Å². The smallest absolute Gasteiger partial charge is 0.225 e. The third-order valence-corrected chi connectivity index (χ3v) is 4.75. The molecule has 0 spiro atoms. The Labute approximate surface area is 145 Å². The molecular weight excluding hydrogens is 316 g/mol. The van der Waals surface area contributed by atoms with Crippen LogP contribution in [0.3, 0.4) is 0 Å². The van der Waals surface area contributed by atoms with Crippen LogP contribution in [0, 0.1) is 0 Å². The summed E-state index contributed by atoms with van der Waals surface area (Å²) in [5, 5.41) is 0.695. The second-order valence-electron chi connectivity index (χ2n) is 5.32. The molecule has 120 valence electrons. The van der Waals surface area contributed by atoms with Gasteiger partial charge in [-0.3, -0.25) is 9.69 Å². The maximum atomic E-state index is 12.0. The molecule has 3 aromatic rings. The minimum absolute atomic E-state index is 0.0390. The van der Waals surface area contributed by atoms with E-state index in [1.54, 1.807) is 17.9 Å². The first kappa shape index (κ1) is 16.1. The van der Waals surface area contributed by atoms with Gasteiger partial charge in [0.15, 0.2) is 5.13 Å². The molecule has 0 unspecified atom stereocenters. The summed E-state index contributed by atoms with van der Waals surface area (Å²) in [7, 11) is 0. The van der Waals surface area contributed by atoms with Crippen molar-refractivity contribution in [2.24, 2.45) is 0 Å². The van der Waals surface area contributed by atoms with Crippen molar-refractivity contribution in [1.82, 2.24) is 4.98 Å². The van der Waals surface area contributed by atoms with Crippen LogP contribution in [-0.4, -0.2) is 17.4 Å². The topological polar surface area (TPSA) is 33.2 Å². The Morgan fingerprint density at radius 2 is 1.67 bits per heavy atom. The van der Waals surface area contributed by atoms with E-state index in [9.17, 15) is 4.79 Å². The van der Waals surface area contributed by atoms with Crippen LogP contribution < -0.4 is 4.90 Å². The molecule has 3 rings (SSSR count). The first-order valence-electron chi connectivity index (χ1n) is 7.71. The average Bonchev–Trinajstić information content (AvgIpc) is 3.06. The Morgan fingerprint density at radius 3 is 2.21 bits per heavy atom. The van der Waals surface area contributed by atoms with E-state index in [0.29, 0.717) is 11.7 Å². The van der Waals surface area contributed by atoms with Gasteiger partial charge in [-0.1, -0.05) is 78.1 Å². The number of aromatic nitrogens is 1. The number of carbonyl (C=O) groups is 1. The van der Waals surface area contributed by atoms with E-state index in [1.807, 2.05) is 48.5 Å². The highest BCUT2D eigenvalue weighted by Gasteiger charge is 2.20. The highest BCUT2D eigenvalue weighted by molar-refractivity contribution is 7.19. The lowest BCUT2D eigenvalue weighted by Gasteiger charge is -2.14. The highest BCUT2D eigenvalue weighted by atomic mass is 32.1. The second kappa shape index (κ2) is 7.23. The maximum absolute atomic E-state index is 12.0. The molecule has 0 N–H and O–H groups in total. The van der Waals surface area contributed by atoms with Crippen LogP contribution in [0.5, 0.6) is 0 Å². The van der Waals surface area contributed by atoms with Gasteiger partial charge >= 0.3 is 0 Å². The van der Waals surface area contributed by atoms with Gasteiger partial charge in [0.05, 0.1) is 10.6 Å². The van der Waals surface area contributed by atoms with Crippen molar-refractivity contribution in [3.05, 3.63) is 73.3 Å². The molecule has 0 aliphatic rings. The summed E-state index contributed by atoms with van der Waals surface area (Å²) in [6.07, 6.45) is 1.72. The monoisotopic (exact) mass is 334 g/mol. The number of carbonyl (C=O) groups excluding carboxylic acids is 1. The van der Waals surface area contributed by atoms with E-state index in [1.165, 1.54) is 11.3 Å². The molecule has 4 heteroatoms. The number of rotatable bonds is 5. The predicted octanol–water partition coefficient (Wildman–Crippen LogP) is 5.02. The van der Waals surface area contributed by atoms with Crippen LogP contribution in [0.15, 0.2) is 73.3 Å². The third-order valence-electron chi connectivity index (χ3n) is 3.62. The van der Waals surface area contributed by atoms with Crippen molar-refractivity contribution in [3.63, 3.8) is 0 Å². The maximum Gasteiger partial charge on any atom is 0.225 e. The zero-order valence-corrected chi connectivity index (χ0v) is 14.3. The second-order valence-corrected chi connectivity index (χ2v) is 6.30. The molecule has 0 aliphatic heterocycles. The zero-order valence-electron chi connectivity index (χ0n) is 13.5. The summed E-state index contributed by atoms with van der Waals surface area (Å²) in [5.74, 6) is -0.0390. The van der Waals surface area contributed by atoms with Crippen LogP contribution in [0.4, 0.5) is 5.13 Å². The van der Waals surface area contributed by atoms with E-state index < -0.39 is 0 Å². The van der Waals surface area contributed by atoms with Crippen molar-refractivity contribution in [3.8, 4) is 21.7 Å². The predicted molar refractivity (Wildman–Crippen MR) is 101 cm³/mol. The van der Waals surface area contributed by atoms with Gasteiger partial charge in [0.1, 0.15) is 0 Å². The number of hydrogen-bond acceptors (Lipinski definition) is 3. The van der Waals surface area contributed by atoms with Crippen molar-refractivity contribution >= 4 is 22.4 Å². The molecule has 0 radical (unpaired) electrons. The van der Waals surface area contributed by atoms with Crippen molar-refractivity contribution in [1.29, 1.82) is 0 Å². The minimum Gasteiger partial charge on any atom is -0.284 e. The summed E-state index contributed by atoms with van der Waals surface area (Å²) >= 11 is 1.53. The Morgan fingerprint density at radius 1 is 1.08 bits per heavy atom. The minimum atomic E-state index is -0.0390. The molecule has 1 heterocycles. The quantitative estimate of drug-likeness (QED) is 0.614. The third kappa shape index (κ3) is 3.29. The van der Waals surface area contributed by atoms with Gasteiger partial charge in [0.25, 0.3) is 0 Å².